The molecule has 0 fully saturated rings. The Balaban J connectivity index is 3.07. The smallest absolute Gasteiger partial charge is 0.423 e. The van der Waals surface area contributed by atoms with Crippen molar-refractivity contribution in [3.05, 3.63) is 24.3 Å². The van der Waals surface area contributed by atoms with Crippen molar-refractivity contribution in [2.24, 2.45) is 0 Å². The predicted molar refractivity (Wildman–Crippen MR) is 65.6 cm³/mol. The number of carbonyl (C=O) groups excluding carboxylic acids is 1. The molecular formula is C11H16BNO4. The average molecular weight is 237 g/mol. The maximum atomic E-state index is 11.0. The molecule has 17 heavy (non-hydrogen) atoms. The third kappa shape index (κ3) is 3.85. The molecule has 0 saturated carbocycles. The summed E-state index contributed by atoms with van der Waals surface area (Å²) in [7, 11) is -1.66. The van der Waals surface area contributed by atoms with E-state index in [-0.39, 0.29) is 5.46 Å². The second-order valence-corrected chi connectivity index (χ2v) is 4.57. The molecule has 1 aromatic carbocycles. The van der Waals surface area contributed by atoms with E-state index in [1.807, 2.05) is 0 Å². The van der Waals surface area contributed by atoms with Crippen molar-refractivity contribution in [1.82, 2.24) is 0 Å². The van der Waals surface area contributed by atoms with Crippen molar-refractivity contribution in [2.45, 2.75) is 26.4 Å². The van der Waals surface area contributed by atoms with Crippen molar-refractivity contribution in [3.63, 3.8) is 0 Å². The van der Waals surface area contributed by atoms with Gasteiger partial charge in [-0.25, -0.2) is 0 Å². The molecule has 0 aliphatic carbocycles. The summed E-state index contributed by atoms with van der Waals surface area (Å²) in [6.07, 6.45) is 0.493. The van der Waals surface area contributed by atoms with Crippen LogP contribution in [0.5, 0.6) is 0 Å². The van der Waals surface area contributed by atoms with Crippen LogP contribution >= 0.6 is 0 Å². The van der Waals surface area contributed by atoms with E-state index in [0.717, 1.165) is 5.06 Å². The Labute approximate surface area is 101 Å². The summed E-state index contributed by atoms with van der Waals surface area (Å²) in [6.45, 7) is 5.38. The number of para-hydroxylation sites is 1. The first-order valence-corrected chi connectivity index (χ1v) is 5.24. The Morgan fingerprint density at radius 2 is 1.88 bits per heavy atom. The second-order valence-electron chi connectivity index (χ2n) is 4.57. The number of carbonyl (C=O) groups is 1. The first kappa shape index (κ1) is 13.7. The van der Waals surface area contributed by atoms with Gasteiger partial charge in [0, 0.05) is 5.46 Å². The Bertz CT molecular complexity index is 389. The molecule has 0 saturated heterocycles. The Morgan fingerprint density at radius 3 is 2.35 bits per heavy atom. The fourth-order valence-electron chi connectivity index (χ4n) is 1.33. The van der Waals surface area contributed by atoms with Crippen LogP contribution in [0, 0.1) is 0 Å². The van der Waals surface area contributed by atoms with Gasteiger partial charge in [0.15, 0.2) is 0 Å². The number of hydroxylamine groups is 1. The van der Waals surface area contributed by atoms with Gasteiger partial charge in [-0.1, -0.05) is 18.2 Å². The summed E-state index contributed by atoms with van der Waals surface area (Å²) in [6, 6.07) is 6.43. The highest BCUT2D eigenvalue weighted by Gasteiger charge is 2.23. The van der Waals surface area contributed by atoms with Gasteiger partial charge in [-0.3, -0.25) is 9.63 Å². The molecule has 0 radical (unpaired) electrons. The van der Waals surface area contributed by atoms with Crippen LogP contribution in [0.3, 0.4) is 0 Å². The maximum Gasteiger partial charge on any atom is 0.490 e. The van der Waals surface area contributed by atoms with Gasteiger partial charge in [-0.15, -0.1) is 0 Å². The van der Waals surface area contributed by atoms with Crippen LogP contribution in [0.25, 0.3) is 0 Å². The lowest BCUT2D eigenvalue weighted by Gasteiger charge is -2.27. The van der Waals surface area contributed by atoms with E-state index < -0.39 is 12.7 Å². The van der Waals surface area contributed by atoms with Gasteiger partial charge >= 0.3 is 7.12 Å². The summed E-state index contributed by atoms with van der Waals surface area (Å²) in [5.41, 5.74) is -0.0368. The summed E-state index contributed by atoms with van der Waals surface area (Å²) in [4.78, 5) is 16.4. The zero-order chi connectivity index (χ0) is 13.1. The number of hydrogen-bond donors (Lipinski definition) is 2. The van der Waals surface area contributed by atoms with Gasteiger partial charge in [0.05, 0.1) is 11.3 Å². The van der Waals surface area contributed by atoms with Crippen LogP contribution < -0.4 is 10.5 Å². The minimum Gasteiger partial charge on any atom is -0.423 e. The largest absolute Gasteiger partial charge is 0.490 e. The number of hydrogen-bond acceptors (Lipinski definition) is 4. The molecule has 1 amide bonds. The summed E-state index contributed by atoms with van der Waals surface area (Å²) < 4.78 is 0. The topological polar surface area (TPSA) is 70.0 Å². The summed E-state index contributed by atoms with van der Waals surface area (Å²) >= 11 is 0. The highest BCUT2D eigenvalue weighted by molar-refractivity contribution is 6.60. The van der Waals surface area contributed by atoms with Crippen LogP contribution in [0.4, 0.5) is 5.69 Å². The highest BCUT2D eigenvalue weighted by Crippen LogP contribution is 2.16. The normalized spacial score (nSPS) is 11.1. The van der Waals surface area contributed by atoms with E-state index in [1.54, 1.807) is 39.0 Å². The van der Waals surface area contributed by atoms with Crippen LogP contribution in [0.15, 0.2) is 24.3 Å². The maximum absolute atomic E-state index is 11.0. The molecule has 0 aliphatic heterocycles. The Morgan fingerprint density at radius 1 is 1.29 bits per heavy atom. The molecular weight excluding hydrogens is 221 g/mol. The van der Waals surface area contributed by atoms with Crippen molar-refractivity contribution in [2.75, 3.05) is 5.06 Å². The zero-order valence-electron chi connectivity index (χ0n) is 10.1. The standard InChI is InChI=1S/C11H16BNO4/c1-11(2,3)17-13(8-14)10-7-5-4-6-9(10)12(15)16/h4-8,15-16H,1-3H3. The monoisotopic (exact) mass is 237 g/mol. The van der Waals surface area contributed by atoms with Crippen LogP contribution in [0.1, 0.15) is 20.8 Å². The number of amides is 1. The lowest BCUT2D eigenvalue weighted by atomic mass is 9.79. The summed E-state index contributed by atoms with van der Waals surface area (Å²) in [5, 5.41) is 19.4. The Hall–Kier alpha value is -1.37. The minimum atomic E-state index is -1.66. The van der Waals surface area contributed by atoms with Gasteiger partial charge in [0.2, 0.25) is 6.41 Å². The second kappa shape index (κ2) is 5.31. The number of nitrogens with zero attached hydrogens (tertiary/aromatic N) is 1. The lowest BCUT2D eigenvalue weighted by molar-refractivity contribution is -0.120. The lowest BCUT2D eigenvalue weighted by Crippen LogP contribution is -2.40. The number of anilines is 1. The molecule has 1 aromatic rings. The van der Waals surface area contributed by atoms with Crippen molar-refractivity contribution >= 4 is 24.7 Å². The molecule has 0 bridgehead atoms. The first-order valence-electron chi connectivity index (χ1n) is 5.24. The van der Waals surface area contributed by atoms with Crippen molar-refractivity contribution in [3.8, 4) is 0 Å². The van der Waals surface area contributed by atoms with E-state index in [4.69, 9.17) is 4.84 Å². The predicted octanol–water partition coefficient (Wildman–Crippen LogP) is 0.0593. The average Bonchev–Trinajstić information content (AvgIpc) is 2.24. The fraction of sp³-hybridized carbons (Fsp3) is 0.364. The number of benzene rings is 1. The third-order valence-electron chi connectivity index (χ3n) is 1.92. The zero-order valence-corrected chi connectivity index (χ0v) is 10.1. The molecule has 0 atom stereocenters. The van der Waals surface area contributed by atoms with E-state index in [0.29, 0.717) is 12.1 Å². The van der Waals surface area contributed by atoms with E-state index >= 15 is 0 Å². The number of rotatable bonds is 4. The third-order valence-corrected chi connectivity index (χ3v) is 1.92. The molecule has 0 aromatic heterocycles. The summed E-state index contributed by atoms with van der Waals surface area (Å²) in [5.74, 6) is 0. The van der Waals surface area contributed by atoms with Gasteiger partial charge in [-0.05, 0) is 26.8 Å². The van der Waals surface area contributed by atoms with E-state index in [2.05, 4.69) is 0 Å². The Kier molecular flexibility index (Phi) is 4.28. The van der Waals surface area contributed by atoms with Crippen LogP contribution in [-0.4, -0.2) is 29.2 Å². The molecule has 0 aliphatic rings. The van der Waals surface area contributed by atoms with Gasteiger partial charge in [0.25, 0.3) is 0 Å². The molecule has 6 heteroatoms. The first-order chi connectivity index (χ1) is 7.85. The van der Waals surface area contributed by atoms with Gasteiger partial charge < -0.3 is 10.0 Å². The van der Waals surface area contributed by atoms with Crippen molar-refractivity contribution < 1.29 is 19.7 Å². The van der Waals surface area contributed by atoms with Gasteiger partial charge in [0.1, 0.15) is 0 Å². The van der Waals surface area contributed by atoms with E-state index in [1.165, 1.54) is 6.07 Å². The van der Waals surface area contributed by atoms with E-state index in [9.17, 15) is 14.8 Å². The van der Waals surface area contributed by atoms with Crippen molar-refractivity contribution in [1.29, 1.82) is 0 Å². The highest BCUT2D eigenvalue weighted by atomic mass is 16.7. The molecule has 92 valence electrons. The van der Waals surface area contributed by atoms with Crippen LogP contribution in [0.2, 0.25) is 0 Å². The van der Waals surface area contributed by atoms with Gasteiger partial charge in [-0.2, -0.15) is 5.06 Å². The molecule has 0 spiro atoms. The molecule has 0 unspecified atom stereocenters. The fourth-order valence-corrected chi connectivity index (χ4v) is 1.33. The molecule has 5 nitrogen and oxygen atoms in total. The minimum absolute atomic E-state index is 0.212. The molecule has 0 heterocycles. The van der Waals surface area contributed by atoms with Crippen LogP contribution in [-0.2, 0) is 9.63 Å². The molecule has 2 N–H and O–H groups in total. The SMILES string of the molecule is CC(C)(C)ON(C=O)c1ccccc1B(O)O. The molecule has 1 rings (SSSR count). The quantitative estimate of drug-likeness (QED) is 0.441.